The standard InChI is InChI=1S/C10H11N5O2/c11-5-7-1-2-8(13-6-7)10(17)9(16)3-4-14-15-12/h1-2,6,9-10,16-17H,3-4H2. The van der Waals surface area contributed by atoms with Crippen LogP contribution in [0.4, 0.5) is 0 Å². The maximum atomic E-state index is 9.72. The monoisotopic (exact) mass is 233 g/mol. The van der Waals surface area contributed by atoms with Crippen LogP contribution in [-0.2, 0) is 0 Å². The van der Waals surface area contributed by atoms with Crippen molar-refractivity contribution in [1.29, 1.82) is 5.26 Å². The Morgan fingerprint density at radius 3 is 2.82 bits per heavy atom. The summed E-state index contributed by atoms with van der Waals surface area (Å²) in [5.74, 6) is 0. The van der Waals surface area contributed by atoms with Gasteiger partial charge in [0.15, 0.2) is 0 Å². The fourth-order valence-corrected chi connectivity index (χ4v) is 1.24. The third-order valence-corrected chi connectivity index (χ3v) is 2.17. The maximum Gasteiger partial charge on any atom is 0.122 e. The number of aromatic nitrogens is 1. The van der Waals surface area contributed by atoms with E-state index in [1.54, 1.807) is 0 Å². The lowest BCUT2D eigenvalue weighted by Gasteiger charge is -2.16. The summed E-state index contributed by atoms with van der Waals surface area (Å²) in [7, 11) is 0. The number of nitriles is 1. The number of aliphatic hydroxyl groups is 2. The minimum Gasteiger partial charge on any atom is -0.390 e. The molecular weight excluding hydrogens is 222 g/mol. The van der Waals surface area contributed by atoms with Gasteiger partial charge in [-0.05, 0) is 24.1 Å². The summed E-state index contributed by atoms with van der Waals surface area (Å²) in [5, 5.41) is 31.1. The third-order valence-electron chi connectivity index (χ3n) is 2.17. The third kappa shape index (κ3) is 3.74. The van der Waals surface area contributed by atoms with Gasteiger partial charge in [-0.15, -0.1) is 0 Å². The molecule has 1 heterocycles. The Bertz CT molecular complexity index is 447. The first-order valence-corrected chi connectivity index (χ1v) is 4.92. The van der Waals surface area contributed by atoms with Gasteiger partial charge >= 0.3 is 0 Å². The number of rotatable bonds is 5. The van der Waals surface area contributed by atoms with Gasteiger partial charge in [0, 0.05) is 17.7 Å². The Balaban J connectivity index is 2.64. The first kappa shape index (κ1) is 12.9. The largest absolute Gasteiger partial charge is 0.390 e. The topological polar surface area (TPSA) is 126 Å². The van der Waals surface area contributed by atoms with Crippen LogP contribution in [0.15, 0.2) is 23.4 Å². The van der Waals surface area contributed by atoms with E-state index in [-0.39, 0.29) is 18.7 Å². The van der Waals surface area contributed by atoms with Crippen LogP contribution >= 0.6 is 0 Å². The van der Waals surface area contributed by atoms with Crippen molar-refractivity contribution in [1.82, 2.24) is 4.98 Å². The number of hydrogen-bond acceptors (Lipinski definition) is 5. The second-order valence-corrected chi connectivity index (χ2v) is 3.34. The van der Waals surface area contributed by atoms with Crippen LogP contribution in [-0.4, -0.2) is 27.8 Å². The predicted octanol–water partition coefficient (Wildman–Crippen LogP) is 1.05. The number of aliphatic hydroxyl groups excluding tert-OH is 2. The molecule has 0 aliphatic heterocycles. The van der Waals surface area contributed by atoms with Gasteiger partial charge in [-0.2, -0.15) is 5.26 Å². The summed E-state index contributed by atoms with van der Waals surface area (Å²) in [6.45, 7) is 0.102. The van der Waals surface area contributed by atoms with Crippen LogP contribution in [0, 0.1) is 11.3 Å². The van der Waals surface area contributed by atoms with Crippen molar-refractivity contribution < 1.29 is 10.2 Å². The van der Waals surface area contributed by atoms with Gasteiger partial charge < -0.3 is 10.2 Å². The highest BCUT2D eigenvalue weighted by molar-refractivity contribution is 5.27. The second-order valence-electron chi connectivity index (χ2n) is 3.34. The molecule has 0 aliphatic rings. The van der Waals surface area contributed by atoms with Crippen molar-refractivity contribution in [3.63, 3.8) is 0 Å². The SMILES string of the molecule is N#Cc1ccc(C(O)C(O)CCN=[N+]=[N-])nc1. The Labute approximate surface area is 97.6 Å². The highest BCUT2D eigenvalue weighted by atomic mass is 16.3. The molecule has 0 radical (unpaired) electrons. The van der Waals surface area contributed by atoms with Crippen molar-refractivity contribution in [3.05, 3.63) is 40.0 Å². The van der Waals surface area contributed by atoms with E-state index in [0.29, 0.717) is 5.56 Å². The molecule has 7 nitrogen and oxygen atoms in total. The molecule has 2 atom stereocenters. The van der Waals surface area contributed by atoms with Crippen molar-refractivity contribution in [2.24, 2.45) is 5.11 Å². The molecule has 1 aromatic heterocycles. The molecule has 0 saturated carbocycles. The van der Waals surface area contributed by atoms with Crippen LogP contribution in [0.5, 0.6) is 0 Å². The van der Waals surface area contributed by atoms with Crippen LogP contribution in [0.2, 0.25) is 0 Å². The molecule has 0 aliphatic carbocycles. The Kier molecular flexibility index (Phi) is 4.91. The summed E-state index contributed by atoms with van der Waals surface area (Å²) in [6, 6.07) is 4.88. The molecule has 7 heteroatoms. The first-order valence-electron chi connectivity index (χ1n) is 4.92. The predicted molar refractivity (Wildman–Crippen MR) is 58.5 cm³/mol. The highest BCUT2D eigenvalue weighted by Crippen LogP contribution is 2.17. The molecule has 1 aromatic rings. The summed E-state index contributed by atoms with van der Waals surface area (Å²) in [4.78, 5) is 6.41. The molecular formula is C10H11N5O2. The maximum absolute atomic E-state index is 9.72. The molecule has 0 spiro atoms. The number of azide groups is 1. The molecule has 88 valence electrons. The highest BCUT2D eigenvalue weighted by Gasteiger charge is 2.18. The average Bonchev–Trinajstić information content (AvgIpc) is 2.38. The smallest absolute Gasteiger partial charge is 0.122 e. The summed E-state index contributed by atoms with van der Waals surface area (Å²) in [5.41, 5.74) is 8.72. The Morgan fingerprint density at radius 1 is 1.53 bits per heavy atom. The van der Waals surface area contributed by atoms with E-state index in [1.165, 1.54) is 18.3 Å². The van der Waals surface area contributed by atoms with E-state index < -0.39 is 12.2 Å². The van der Waals surface area contributed by atoms with Crippen molar-refractivity contribution in [3.8, 4) is 6.07 Å². The van der Waals surface area contributed by atoms with Gasteiger partial charge in [0.05, 0.1) is 17.4 Å². The van der Waals surface area contributed by atoms with Crippen LogP contribution in [0.1, 0.15) is 23.8 Å². The Morgan fingerprint density at radius 2 is 2.29 bits per heavy atom. The van der Waals surface area contributed by atoms with Crippen LogP contribution in [0.3, 0.4) is 0 Å². The minimum absolute atomic E-state index is 0.102. The molecule has 1 rings (SSSR count). The minimum atomic E-state index is -1.16. The van der Waals surface area contributed by atoms with E-state index in [1.807, 2.05) is 6.07 Å². The van der Waals surface area contributed by atoms with Gasteiger partial charge in [0.2, 0.25) is 0 Å². The summed E-state index contributed by atoms with van der Waals surface area (Å²) >= 11 is 0. The zero-order valence-corrected chi connectivity index (χ0v) is 8.93. The number of hydrogen-bond donors (Lipinski definition) is 2. The molecule has 0 saturated heterocycles. The zero-order valence-electron chi connectivity index (χ0n) is 8.93. The van der Waals surface area contributed by atoms with E-state index in [2.05, 4.69) is 15.0 Å². The molecule has 0 bridgehead atoms. The van der Waals surface area contributed by atoms with Gasteiger partial charge in [-0.1, -0.05) is 5.11 Å². The van der Waals surface area contributed by atoms with E-state index >= 15 is 0 Å². The molecule has 2 N–H and O–H groups in total. The average molecular weight is 233 g/mol. The van der Waals surface area contributed by atoms with Gasteiger partial charge in [-0.25, -0.2) is 0 Å². The molecule has 0 aromatic carbocycles. The van der Waals surface area contributed by atoms with Crippen LogP contribution in [0.25, 0.3) is 10.4 Å². The van der Waals surface area contributed by atoms with Crippen molar-refractivity contribution in [2.75, 3.05) is 6.54 Å². The fourth-order valence-electron chi connectivity index (χ4n) is 1.24. The van der Waals surface area contributed by atoms with E-state index in [4.69, 9.17) is 10.8 Å². The molecule has 0 fully saturated rings. The molecule has 2 unspecified atom stereocenters. The lowest BCUT2D eigenvalue weighted by Crippen LogP contribution is -2.20. The lowest BCUT2D eigenvalue weighted by molar-refractivity contribution is 0.0125. The van der Waals surface area contributed by atoms with Gasteiger partial charge in [0.25, 0.3) is 0 Å². The van der Waals surface area contributed by atoms with E-state index in [0.717, 1.165) is 0 Å². The van der Waals surface area contributed by atoms with Crippen LogP contribution < -0.4 is 0 Å². The zero-order chi connectivity index (χ0) is 12.7. The lowest BCUT2D eigenvalue weighted by atomic mass is 10.1. The normalized spacial score (nSPS) is 13.2. The van der Waals surface area contributed by atoms with Gasteiger partial charge in [0.1, 0.15) is 12.2 Å². The van der Waals surface area contributed by atoms with Crippen molar-refractivity contribution in [2.45, 2.75) is 18.6 Å². The summed E-state index contributed by atoms with van der Waals surface area (Å²) in [6.07, 6.45) is -0.747. The molecule has 0 amide bonds. The van der Waals surface area contributed by atoms with Crippen molar-refractivity contribution >= 4 is 0 Å². The van der Waals surface area contributed by atoms with Gasteiger partial charge in [-0.3, -0.25) is 4.98 Å². The summed E-state index contributed by atoms with van der Waals surface area (Å²) < 4.78 is 0. The first-order chi connectivity index (χ1) is 8.19. The fraction of sp³-hybridized carbons (Fsp3) is 0.400. The second kappa shape index (κ2) is 6.45. The number of pyridine rings is 1. The quantitative estimate of drug-likeness (QED) is 0.447. The Hall–Kier alpha value is -2.13. The number of nitrogens with zero attached hydrogens (tertiary/aromatic N) is 5. The van der Waals surface area contributed by atoms with E-state index in [9.17, 15) is 10.2 Å². The molecule has 17 heavy (non-hydrogen) atoms.